The van der Waals surface area contributed by atoms with Crippen LogP contribution in [0.15, 0.2) is 59.7 Å². The van der Waals surface area contributed by atoms with Gasteiger partial charge in [-0.2, -0.15) is 0 Å². The van der Waals surface area contributed by atoms with E-state index in [-0.39, 0.29) is 30.2 Å². The van der Waals surface area contributed by atoms with E-state index in [0.29, 0.717) is 13.0 Å². The molecular weight excluding hydrogens is 426 g/mol. The lowest BCUT2D eigenvalue weighted by molar-refractivity contribution is -0.117. The highest BCUT2D eigenvalue weighted by molar-refractivity contribution is 5.95. The number of hydrogen-bond donors (Lipinski definition) is 5. The molecule has 2 aromatic carbocycles. The van der Waals surface area contributed by atoms with Gasteiger partial charge < -0.3 is 27.8 Å². The third kappa shape index (κ3) is 3.86. The van der Waals surface area contributed by atoms with Crippen molar-refractivity contribution in [3.05, 3.63) is 82.0 Å². The summed E-state index contributed by atoms with van der Waals surface area (Å²) < 4.78 is 0. The van der Waals surface area contributed by atoms with Crippen molar-refractivity contribution in [2.45, 2.75) is 43.6 Å². The molecule has 0 aliphatic heterocycles. The van der Waals surface area contributed by atoms with Crippen molar-refractivity contribution in [2.75, 3.05) is 23.7 Å². The highest BCUT2D eigenvalue weighted by Crippen LogP contribution is 2.58. The van der Waals surface area contributed by atoms with E-state index in [9.17, 15) is 9.59 Å². The Hall–Kier alpha value is -3.26. The Morgan fingerprint density at radius 3 is 2.24 bits per heavy atom. The van der Waals surface area contributed by atoms with E-state index in [2.05, 4.69) is 47.1 Å². The Morgan fingerprint density at radius 1 is 0.912 bits per heavy atom. The first-order valence-electron chi connectivity index (χ1n) is 12.0. The molecule has 0 aromatic heterocycles. The average molecular weight is 458 g/mol. The van der Waals surface area contributed by atoms with Crippen molar-refractivity contribution in [1.82, 2.24) is 0 Å². The van der Waals surface area contributed by atoms with E-state index in [1.807, 2.05) is 12.1 Å². The Morgan fingerprint density at radius 2 is 1.59 bits per heavy atom. The van der Waals surface area contributed by atoms with Crippen LogP contribution in [0, 0.1) is 0 Å². The van der Waals surface area contributed by atoms with Gasteiger partial charge >= 0.3 is 0 Å². The predicted octanol–water partition coefficient (Wildman–Crippen LogP) is 2.83. The molecule has 0 saturated heterocycles. The van der Waals surface area contributed by atoms with Crippen LogP contribution in [0.1, 0.15) is 59.8 Å². The molecule has 7 heteroatoms. The minimum Gasteiger partial charge on any atom is -0.330 e. The van der Waals surface area contributed by atoms with Gasteiger partial charge in [0.05, 0.1) is 12.6 Å². The highest BCUT2D eigenvalue weighted by Gasteiger charge is 2.43. The van der Waals surface area contributed by atoms with Crippen LogP contribution in [0.4, 0.5) is 11.4 Å². The number of nitrogens with two attached hydrogens (primary N) is 3. The number of rotatable bonds is 8. The number of anilines is 2. The first kappa shape index (κ1) is 22.5. The molecular formula is C27H31N5O2. The van der Waals surface area contributed by atoms with Crippen LogP contribution >= 0.6 is 0 Å². The summed E-state index contributed by atoms with van der Waals surface area (Å²) in [6, 6.07) is 11.8. The molecule has 2 unspecified atom stereocenters. The number of benzene rings is 2. The normalized spacial score (nSPS) is 20.0. The topological polar surface area (TPSA) is 136 Å². The van der Waals surface area contributed by atoms with Crippen LogP contribution in [0.2, 0.25) is 0 Å². The van der Waals surface area contributed by atoms with Gasteiger partial charge in [-0.05, 0) is 77.9 Å². The lowest BCUT2D eigenvalue weighted by atomic mass is 9.61. The number of hydrogen-bond acceptors (Lipinski definition) is 5. The smallest absolute Gasteiger partial charge is 0.241 e. The lowest BCUT2D eigenvalue weighted by Crippen LogP contribution is -2.35. The van der Waals surface area contributed by atoms with E-state index >= 15 is 0 Å². The molecule has 3 atom stereocenters. The number of carbonyl (C=O) groups is 2. The van der Waals surface area contributed by atoms with Gasteiger partial charge in [-0.15, -0.1) is 0 Å². The average Bonchev–Trinajstić information content (AvgIpc) is 3.33. The van der Waals surface area contributed by atoms with Crippen LogP contribution in [0.3, 0.4) is 0 Å². The van der Waals surface area contributed by atoms with E-state index in [1.165, 1.54) is 33.4 Å². The third-order valence-electron chi connectivity index (χ3n) is 7.13. The maximum absolute atomic E-state index is 12.7. The van der Waals surface area contributed by atoms with Crippen molar-refractivity contribution >= 4 is 23.2 Å². The maximum Gasteiger partial charge on any atom is 0.241 e. The van der Waals surface area contributed by atoms with Gasteiger partial charge in [-0.3, -0.25) is 9.59 Å². The molecule has 8 N–H and O–H groups in total. The molecule has 0 heterocycles. The molecule has 2 amide bonds. The van der Waals surface area contributed by atoms with Gasteiger partial charge in [0.2, 0.25) is 11.8 Å². The summed E-state index contributed by atoms with van der Waals surface area (Å²) in [7, 11) is 0. The molecule has 176 valence electrons. The summed E-state index contributed by atoms with van der Waals surface area (Å²) in [5.41, 5.74) is 26.4. The summed E-state index contributed by atoms with van der Waals surface area (Å²) in [5, 5.41) is 5.89. The Kier molecular flexibility index (Phi) is 6.08. The van der Waals surface area contributed by atoms with Gasteiger partial charge in [-0.25, -0.2) is 0 Å². The maximum atomic E-state index is 12.7. The molecule has 2 bridgehead atoms. The van der Waals surface area contributed by atoms with Crippen molar-refractivity contribution in [3.8, 4) is 0 Å². The van der Waals surface area contributed by atoms with Crippen LogP contribution in [-0.2, 0) is 9.59 Å². The van der Waals surface area contributed by atoms with Crippen LogP contribution in [-0.4, -0.2) is 30.9 Å². The zero-order chi connectivity index (χ0) is 23.8. The molecule has 4 aliphatic carbocycles. The Bertz CT molecular complexity index is 1220. The van der Waals surface area contributed by atoms with E-state index in [0.717, 1.165) is 30.6 Å². The summed E-state index contributed by atoms with van der Waals surface area (Å²) in [6.07, 6.45) is 7.70. The second-order valence-electron chi connectivity index (χ2n) is 9.27. The molecule has 0 fully saturated rings. The fraction of sp³-hybridized carbons (Fsp3) is 0.333. The van der Waals surface area contributed by atoms with Gasteiger partial charge in [0, 0.05) is 23.2 Å². The van der Waals surface area contributed by atoms with E-state index in [1.54, 1.807) is 0 Å². The third-order valence-corrected chi connectivity index (χ3v) is 7.13. The molecule has 4 aliphatic rings. The monoisotopic (exact) mass is 457 g/mol. The second-order valence-corrected chi connectivity index (χ2v) is 9.27. The molecule has 2 aromatic rings. The largest absolute Gasteiger partial charge is 0.330 e. The standard InChI is InChI=1S/C27H31N5O2/c28-11-2-1-6-23(30)27(34)32-16-8-10-20-22(13-16)26-18-5-3-4-17(18)25(20)19-9-7-15(12-21(19)26)31-24(33)14-29/h3-4,7-10,12-13,23,25-26H,1-2,5-6,11,14,28-30H2,(H,31,33)(H,32,34)/t23-,25?,26?/m0/s1. The molecule has 0 spiro atoms. The van der Waals surface area contributed by atoms with Crippen LogP contribution in [0.5, 0.6) is 0 Å². The van der Waals surface area contributed by atoms with Crippen molar-refractivity contribution in [2.24, 2.45) is 17.2 Å². The number of amides is 2. The van der Waals surface area contributed by atoms with Crippen LogP contribution < -0.4 is 27.8 Å². The number of unbranched alkanes of at least 4 members (excludes halogenated alkanes) is 1. The fourth-order valence-corrected chi connectivity index (χ4v) is 5.57. The van der Waals surface area contributed by atoms with Gasteiger partial charge in [0.1, 0.15) is 0 Å². The molecule has 0 radical (unpaired) electrons. The van der Waals surface area contributed by atoms with Gasteiger partial charge in [0.15, 0.2) is 0 Å². The zero-order valence-electron chi connectivity index (χ0n) is 19.1. The van der Waals surface area contributed by atoms with Crippen molar-refractivity contribution < 1.29 is 9.59 Å². The SMILES string of the molecule is NCCCC[C@H](N)C(=O)Nc1ccc2c(c1)C1C3=C(C=CC3)C2c2ccc(NC(=O)CN)cc21. The Balaban J connectivity index is 1.46. The summed E-state index contributed by atoms with van der Waals surface area (Å²) >= 11 is 0. The predicted molar refractivity (Wildman–Crippen MR) is 135 cm³/mol. The molecule has 6 rings (SSSR count). The molecule has 34 heavy (non-hydrogen) atoms. The van der Waals surface area contributed by atoms with Gasteiger partial charge in [-0.1, -0.05) is 36.3 Å². The van der Waals surface area contributed by atoms with Crippen molar-refractivity contribution in [3.63, 3.8) is 0 Å². The first-order chi connectivity index (χ1) is 16.5. The lowest BCUT2D eigenvalue weighted by Gasteiger charge is -2.42. The second kappa shape index (κ2) is 9.18. The van der Waals surface area contributed by atoms with E-state index < -0.39 is 6.04 Å². The number of carbonyl (C=O) groups excluding carboxylic acids is 2. The number of nitrogens with one attached hydrogen (secondary N) is 2. The minimum absolute atomic E-state index is 0.0530. The quantitative estimate of drug-likeness (QED) is 0.388. The summed E-state index contributed by atoms with van der Waals surface area (Å²) in [6.45, 7) is 0.552. The molecule has 7 nitrogen and oxygen atoms in total. The van der Waals surface area contributed by atoms with E-state index in [4.69, 9.17) is 17.2 Å². The number of allylic oxidation sites excluding steroid dienone is 4. The Labute approximate surface area is 199 Å². The van der Waals surface area contributed by atoms with Gasteiger partial charge in [0.25, 0.3) is 0 Å². The fourth-order valence-electron chi connectivity index (χ4n) is 5.57. The first-order valence-corrected chi connectivity index (χ1v) is 12.0. The summed E-state index contributed by atoms with van der Waals surface area (Å²) in [4.78, 5) is 24.5. The summed E-state index contributed by atoms with van der Waals surface area (Å²) in [5.74, 6) is -0.139. The van der Waals surface area contributed by atoms with Crippen LogP contribution in [0.25, 0.3) is 0 Å². The minimum atomic E-state index is -0.554. The van der Waals surface area contributed by atoms with Crippen molar-refractivity contribution in [1.29, 1.82) is 0 Å². The molecule has 0 saturated carbocycles. The highest BCUT2D eigenvalue weighted by atomic mass is 16.2. The zero-order valence-corrected chi connectivity index (χ0v) is 19.1.